The molecule has 0 radical (unpaired) electrons. The topological polar surface area (TPSA) is 34.1 Å². The van der Waals surface area contributed by atoms with Crippen molar-refractivity contribution in [1.82, 2.24) is 0 Å². The van der Waals surface area contributed by atoms with Crippen molar-refractivity contribution in [2.24, 2.45) is 0 Å². The molecule has 0 N–H and O–H groups in total. The Labute approximate surface area is 276 Å². The summed E-state index contributed by atoms with van der Waals surface area (Å²) in [6.07, 6.45) is 3.69. The first kappa shape index (κ1) is 80.6. The van der Waals surface area contributed by atoms with E-state index >= 15 is 0 Å². The minimum atomic E-state index is 0. The Hall–Kier alpha value is 5.89. The molecule has 0 rings (SSSR count). The molecular formula is C10H23K4O2-3. The first-order valence-corrected chi connectivity index (χ1v) is 1.97. The van der Waals surface area contributed by atoms with Crippen LogP contribution in [0.2, 0.25) is 0 Å². The average Bonchev–Trinajstić information content (AvgIpc) is 1.69. The van der Waals surface area contributed by atoms with Crippen LogP contribution in [0.4, 0.5) is 0 Å². The maximum atomic E-state index is 9.05. The van der Waals surface area contributed by atoms with Gasteiger partial charge in [-0.3, -0.25) is 12.6 Å². The SMILES string of the molecule is CC[C-]=O.C[C-]=O.[CH3-].[CH3-].[CH3-].[CH3-].[CH3-].[K+].[K+].[K+].[K+]. The Morgan fingerprint density at radius 2 is 0.812 bits per heavy atom. The summed E-state index contributed by atoms with van der Waals surface area (Å²) in [5.74, 6) is 0. The van der Waals surface area contributed by atoms with Gasteiger partial charge in [0.05, 0.1) is 0 Å². The van der Waals surface area contributed by atoms with E-state index in [0.717, 1.165) is 0 Å². The molecule has 0 saturated carbocycles. The van der Waals surface area contributed by atoms with Gasteiger partial charge >= 0.3 is 206 Å². The smallest absolute Gasteiger partial charge is 0.542 e. The molecule has 0 atom stereocenters. The number of rotatable bonds is 1. The first-order chi connectivity index (χ1) is 3.33. The van der Waals surface area contributed by atoms with Gasteiger partial charge in [-0.2, -0.15) is 13.3 Å². The van der Waals surface area contributed by atoms with Crippen LogP contribution in [0.5, 0.6) is 0 Å². The van der Waals surface area contributed by atoms with Crippen LogP contribution in [-0.2, 0) is 9.59 Å². The van der Waals surface area contributed by atoms with Crippen molar-refractivity contribution in [1.29, 1.82) is 0 Å². The van der Waals surface area contributed by atoms with E-state index in [1.807, 2.05) is 0 Å². The molecule has 0 aliphatic heterocycles. The molecule has 0 aliphatic rings. The Morgan fingerprint density at radius 1 is 0.750 bits per heavy atom. The molecule has 0 heterocycles. The minimum Gasteiger partial charge on any atom is -0.542 e. The second-order valence-electron chi connectivity index (χ2n) is 0.702. The molecule has 0 spiro atoms. The van der Waals surface area contributed by atoms with Crippen molar-refractivity contribution in [3.63, 3.8) is 0 Å². The predicted octanol–water partition coefficient (Wildman–Crippen LogP) is -9.11. The molecule has 82 valence electrons. The van der Waals surface area contributed by atoms with E-state index in [-0.39, 0.29) is 243 Å². The first-order valence-electron chi connectivity index (χ1n) is 1.97. The third-order valence-electron chi connectivity index (χ3n) is 0.144. The van der Waals surface area contributed by atoms with Crippen LogP contribution in [0.3, 0.4) is 0 Å². The van der Waals surface area contributed by atoms with E-state index in [1.165, 1.54) is 13.2 Å². The minimum absolute atomic E-state index is 0. The second-order valence-corrected chi connectivity index (χ2v) is 0.702. The summed E-state index contributed by atoms with van der Waals surface area (Å²) in [5.41, 5.74) is 0. The van der Waals surface area contributed by atoms with Crippen LogP contribution in [0, 0.1) is 37.1 Å². The van der Waals surface area contributed by atoms with Gasteiger partial charge in [-0.15, -0.1) is 0 Å². The molecule has 6 heteroatoms. The molecule has 0 fully saturated rings. The Morgan fingerprint density at radius 3 is 0.812 bits per heavy atom. The van der Waals surface area contributed by atoms with Crippen LogP contribution < -0.4 is 206 Å². The average molecular weight is 332 g/mol. The fraction of sp³-hybridized carbons (Fsp3) is 0.300. The monoisotopic (exact) mass is 331 g/mol. The van der Waals surface area contributed by atoms with E-state index < -0.39 is 0 Å². The van der Waals surface area contributed by atoms with Crippen molar-refractivity contribution in [3.8, 4) is 0 Å². The van der Waals surface area contributed by atoms with Gasteiger partial charge in [0.15, 0.2) is 0 Å². The van der Waals surface area contributed by atoms with E-state index in [1.54, 1.807) is 13.2 Å². The van der Waals surface area contributed by atoms with Gasteiger partial charge in [0.1, 0.15) is 0 Å². The van der Waals surface area contributed by atoms with Gasteiger partial charge in [0, 0.05) is 0 Å². The third-order valence-corrected chi connectivity index (χ3v) is 0.144. The molecule has 16 heavy (non-hydrogen) atoms. The van der Waals surface area contributed by atoms with Crippen molar-refractivity contribution in [3.05, 3.63) is 37.1 Å². The standard InChI is InChI=1S/C3H5O.C2H3O.5CH3.4K/c1-2-3-4;1-2-3;;;;;;;;;/h2H2,1H3;1H3;5*1H3;;;;/q7*-1;4*+1. The van der Waals surface area contributed by atoms with Gasteiger partial charge in [-0.05, 0) is 0 Å². The van der Waals surface area contributed by atoms with Crippen molar-refractivity contribution >= 4 is 12.6 Å². The maximum absolute atomic E-state index is 9.05. The summed E-state index contributed by atoms with van der Waals surface area (Å²) >= 11 is 0. The number of hydrogen-bond donors (Lipinski definition) is 0. The number of carbonyl (C=O) groups excluding carboxylic acids is 2. The summed E-state index contributed by atoms with van der Waals surface area (Å²) in [6, 6.07) is 0. The summed E-state index contributed by atoms with van der Waals surface area (Å²) in [6.45, 7) is 3.08. The molecule has 0 aromatic heterocycles. The Bertz CT molecular complexity index is 56.1. The summed E-state index contributed by atoms with van der Waals surface area (Å²) in [4.78, 5) is 17.7. The molecule has 0 bridgehead atoms. The second kappa shape index (κ2) is 105. The summed E-state index contributed by atoms with van der Waals surface area (Å²) in [5, 5.41) is 0. The molecule has 0 saturated heterocycles. The molecular weight excluding hydrogens is 308 g/mol. The van der Waals surface area contributed by atoms with Crippen molar-refractivity contribution in [2.75, 3.05) is 0 Å². The predicted molar refractivity (Wildman–Crippen MR) is 59.4 cm³/mol. The van der Waals surface area contributed by atoms with E-state index in [0.29, 0.717) is 6.42 Å². The largest absolute Gasteiger partial charge is 1.00 e. The van der Waals surface area contributed by atoms with Crippen LogP contribution in [0.15, 0.2) is 0 Å². The van der Waals surface area contributed by atoms with Gasteiger partial charge < -0.3 is 46.7 Å². The molecule has 0 aromatic carbocycles. The molecule has 2 nitrogen and oxygen atoms in total. The summed E-state index contributed by atoms with van der Waals surface area (Å²) in [7, 11) is 0. The van der Waals surface area contributed by atoms with E-state index in [4.69, 9.17) is 9.59 Å². The Balaban J connectivity index is -0.00000000224. The summed E-state index contributed by atoms with van der Waals surface area (Å²) < 4.78 is 0. The molecule has 0 amide bonds. The zero-order chi connectivity index (χ0) is 6.12. The van der Waals surface area contributed by atoms with Crippen molar-refractivity contribution in [2.45, 2.75) is 20.3 Å². The van der Waals surface area contributed by atoms with Crippen LogP contribution in [-0.4, -0.2) is 12.6 Å². The van der Waals surface area contributed by atoms with E-state index in [2.05, 4.69) is 0 Å². The fourth-order valence-electron chi connectivity index (χ4n) is 0. The normalized spacial score (nSPS) is 2.38. The van der Waals surface area contributed by atoms with Crippen molar-refractivity contribution < 1.29 is 215 Å². The van der Waals surface area contributed by atoms with Crippen LogP contribution in [0.25, 0.3) is 0 Å². The maximum Gasteiger partial charge on any atom is 1.00 e. The van der Waals surface area contributed by atoms with E-state index in [9.17, 15) is 0 Å². The zero-order valence-electron chi connectivity index (χ0n) is 13.5. The Kier molecular flexibility index (Phi) is 527. The van der Waals surface area contributed by atoms with Crippen LogP contribution in [0.1, 0.15) is 20.3 Å². The molecule has 0 unspecified atom stereocenters. The fourth-order valence-corrected chi connectivity index (χ4v) is 0. The van der Waals surface area contributed by atoms with Gasteiger partial charge in [-0.25, -0.2) is 0 Å². The third kappa shape index (κ3) is 150. The number of hydrogen-bond acceptors (Lipinski definition) is 2. The van der Waals surface area contributed by atoms with Gasteiger partial charge in [0.25, 0.3) is 0 Å². The van der Waals surface area contributed by atoms with Gasteiger partial charge in [0.2, 0.25) is 0 Å². The molecule has 0 aromatic rings. The zero-order valence-corrected chi connectivity index (χ0v) is 26.0. The van der Waals surface area contributed by atoms with Gasteiger partial charge in [-0.1, -0.05) is 6.92 Å². The van der Waals surface area contributed by atoms with Crippen LogP contribution >= 0.6 is 0 Å². The molecule has 0 aliphatic carbocycles. The quantitative estimate of drug-likeness (QED) is 0.353.